The van der Waals surface area contributed by atoms with Crippen LogP contribution in [0.25, 0.3) is 0 Å². The van der Waals surface area contributed by atoms with Gasteiger partial charge in [0.05, 0.1) is 10.0 Å². The first-order valence-corrected chi connectivity index (χ1v) is 5.24. The summed E-state index contributed by atoms with van der Waals surface area (Å²) < 4.78 is 0. The quantitative estimate of drug-likeness (QED) is 0.746. The Morgan fingerprint density at radius 1 is 0.625 bits per heavy atom. The zero-order valence-electron chi connectivity index (χ0n) is 8.27. The molecule has 0 saturated carbocycles. The topological polar surface area (TPSA) is 40.5 Å². The van der Waals surface area contributed by atoms with Gasteiger partial charge in [-0.1, -0.05) is 47.5 Å². The van der Waals surface area contributed by atoms with Crippen molar-refractivity contribution in [2.75, 3.05) is 0 Å². The molecule has 0 bridgehead atoms. The Morgan fingerprint density at radius 2 is 0.938 bits per heavy atom. The number of hydrogen-bond donors (Lipinski definition) is 2. The minimum absolute atomic E-state index is 0.133. The monoisotopic (exact) mass is 256 g/mol. The lowest BCUT2D eigenvalue weighted by Crippen LogP contribution is -1.62. The van der Waals surface area contributed by atoms with Crippen LogP contribution in [-0.2, 0) is 0 Å². The second-order valence-electron chi connectivity index (χ2n) is 2.90. The molecule has 0 aliphatic rings. The molecule has 0 atom stereocenters. The molecule has 0 amide bonds. The Morgan fingerprint density at radius 3 is 1.12 bits per heavy atom. The van der Waals surface area contributed by atoms with Crippen LogP contribution in [0.3, 0.4) is 0 Å². The fraction of sp³-hybridized carbons (Fsp3) is 0. The summed E-state index contributed by atoms with van der Waals surface area (Å²) in [6.07, 6.45) is 0. The molecule has 0 heterocycles. The van der Waals surface area contributed by atoms with Gasteiger partial charge in [0, 0.05) is 0 Å². The molecule has 2 aromatic rings. The van der Waals surface area contributed by atoms with Crippen molar-refractivity contribution in [3.05, 3.63) is 58.6 Å². The standard InChI is InChI=1S/2C6H5ClO/c2*7-5-3-1-2-4-6(5)8/h2*1-4,8H. The second kappa shape index (κ2) is 6.26. The largest absolute Gasteiger partial charge is 0.506 e. The van der Waals surface area contributed by atoms with Crippen LogP contribution in [-0.4, -0.2) is 10.2 Å². The number of phenols is 2. The molecule has 0 saturated heterocycles. The maximum absolute atomic E-state index is 8.79. The normalized spacial score (nSPS) is 9.12. The number of halogens is 2. The van der Waals surface area contributed by atoms with E-state index in [0.29, 0.717) is 10.0 Å². The molecule has 0 unspecified atom stereocenters. The van der Waals surface area contributed by atoms with E-state index in [0.717, 1.165) is 0 Å². The lowest BCUT2D eigenvalue weighted by Gasteiger charge is -1.89. The van der Waals surface area contributed by atoms with Crippen LogP contribution in [0, 0.1) is 0 Å². The van der Waals surface area contributed by atoms with Gasteiger partial charge in [-0.25, -0.2) is 0 Å². The van der Waals surface area contributed by atoms with Crippen molar-refractivity contribution in [1.29, 1.82) is 0 Å². The van der Waals surface area contributed by atoms with Gasteiger partial charge in [-0.05, 0) is 24.3 Å². The molecule has 0 aliphatic heterocycles. The first-order chi connectivity index (χ1) is 7.61. The van der Waals surface area contributed by atoms with Gasteiger partial charge in [-0.15, -0.1) is 0 Å². The summed E-state index contributed by atoms with van der Waals surface area (Å²) in [4.78, 5) is 0. The first kappa shape index (κ1) is 12.7. The fourth-order valence-electron chi connectivity index (χ4n) is 0.903. The first-order valence-electron chi connectivity index (χ1n) is 4.48. The van der Waals surface area contributed by atoms with E-state index in [-0.39, 0.29) is 11.5 Å². The van der Waals surface area contributed by atoms with Crippen molar-refractivity contribution >= 4 is 23.2 Å². The summed E-state index contributed by atoms with van der Waals surface area (Å²) in [6, 6.07) is 13.3. The predicted octanol–water partition coefficient (Wildman–Crippen LogP) is 4.09. The van der Waals surface area contributed by atoms with E-state index >= 15 is 0 Å². The van der Waals surface area contributed by atoms with Gasteiger partial charge in [0.1, 0.15) is 11.5 Å². The molecular formula is C12H10Cl2O2. The maximum Gasteiger partial charge on any atom is 0.134 e. The highest BCUT2D eigenvalue weighted by Gasteiger charge is 1.90. The molecule has 2 nitrogen and oxygen atoms in total. The molecule has 0 spiro atoms. The van der Waals surface area contributed by atoms with E-state index in [1.165, 1.54) is 0 Å². The Balaban J connectivity index is 0.000000160. The number of benzene rings is 2. The van der Waals surface area contributed by atoms with Gasteiger partial charge in [-0.2, -0.15) is 0 Å². The van der Waals surface area contributed by atoms with Crippen molar-refractivity contribution in [3.63, 3.8) is 0 Å². The third-order valence-corrected chi connectivity index (χ3v) is 2.34. The molecule has 16 heavy (non-hydrogen) atoms. The van der Waals surface area contributed by atoms with Gasteiger partial charge in [0.25, 0.3) is 0 Å². The number of aromatic hydroxyl groups is 2. The molecule has 0 fully saturated rings. The van der Waals surface area contributed by atoms with Crippen molar-refractivity contribution in [2.24, 2.45) is 0 Å². The molecule has 0 aliphatic carbocycles. The molecule has 2 rings (SSSR count). The van der Waals surface area contributed by atoms with Crippen LogP contribution in [0.5, 0.6) is 11.5 Å². The molecule has 0 radical (unpaired) electrons. The zero-order chi connectivity index (χ0) is 12.0. The smallest absolute Gasteiger partial charge is 0.134 e. The molecule has 2 N–H and O–H groups in total. The highest BCUT2D eigenvalue weighted by atomic mass is 35.5. The highest BCUT2D eigenvalue weighted by Crippen LogP contribution is 2.20. The second-order valence-corrected chi connectivity index (χ2v) is 3.72. The fourth-order valence-corrected chi connectivity index (χ4v) is 1.17. The van der Waals surface area contributed by atoms with Crippen molar-refractivity contribution in [2.45, 2.75) is 0 Å². The van der Waals surface area contributed by atoms with Crippen molar-refractivity contribution in [1.82, 2.24) is 0 Å². The summed E-state index contributed by atoms with van der Waals surface area (Å²) in [5.74, 6) is 0.267. The number of hydrogen-bond acceptors (Lipinski definition) is 2. The van der Waals surface area contributed by atoms with Crippen molar-refractivity contribution in [3.8, 4) is 11.5 Å². The Hall–Kier alpha value is -1.38. The van der Waals surface area contributed by atoms with Crippen LogP contribution < -0.4 is 0 Å². The number of rotatable bonds is 0. The van der Waals surface area contributed by atoms with Crippen LogP contribution in [0.4, 0.5) is 0 Å². The molecular weight excluding hydrogens is 247 g/mol. The number of para-hydroxylation sites is 2. The summed E-state index contributed by atoms with van der Waals surface area (Å²) >= 11 is 10.9. The van der Waals surface area contributed by atoms with E-state index in [1.54, 1.807) is 48.5 Å². The molecule has 4 heteroatoms. The average molecular weight is 257 g/mol. The number of phenolic OH excluding ortho intramolecular Hbond substituents is 2. The lowest BCUT2D eigenvalue weighted by molar-refractivity contribution is 0.475. The third kappa shape index (κ3) is 4.01. The van der Waals surface area contributed by atoms with E-state index in [4.69, 9.17) is 33.4 Å². The van der Waals surface area contributed by atoms with E-state index in [9.17, 15) is 0 Å². The molecule has 84 valence electrons. The van der Waals surface area contributed by atoms with E-state index < -0.39 is 0 Å². The zero-order valence-corrected chi connectivity index (χ0v) is 9.78. The summed E-state index contributed by atoms with van der Waals surface area (Å²) in [5.41, 5.74) is 0. The summed E-state index contributed by atoms with van der Waals surface area (Å²) in [7, 11) is 0. The van der Waals surface area contributed by atoms with Crippen LogP contribution in [0.1, 0.15) is 0 Å². The maximum atomic E-state index is 8.79. The third-order valence-electron chi connectivity index (χ3n) is 1.70. The van der Waals surface area contributed by atoms with Gasteiger partial charge in [-0.3, -0.25) is 0 Å². The molecule has 0 aromatic heterocycles. The van der Waals surface area contributed by atoms with Gasteiger partial charge < -0.3 is 10.2 Å². The minimum atomic E-state index is 0.133. The van der Waals surface area contributed by atoms with Crippen LogP contribution in [0.2, 0.25) is 10.0 Å². The Bertz CT molecular complexity index is 373. The highest BCUT2D eigenvalue weighted by molar-refractivity contribution is 6.32. The van der Waals surface area contributed by atoms with E-state index in [2.05, 4.69) is 0 Å². The van der Waals surface area contributed by atoms with Crippen LogP contribution >= 0.6 is 23.2 Å². The lowest BCUT2D eigenvalue weighted by atomic mass is 10.3. The minimum Gasteiger partial charge on any atom is -0.506 e. The van der Waals surface area contributed by atoms with Crippen molar-refractivity contribution < 1.29 is 10.2 Å². The predicted molar refractivity (Wildman–Crippen MR) is 66.2 cm³/mol. The summed E-state index contributed by atoms with van der Waals surface area (Å²) in [5, 5.41) is 18.4. The van der Waals surface area contributed by atoms with Gasteiger partial charge in [0.15, 0.2) is 0 Å². The van der Waals surface area contributed by atoms with Gasteiger partial charge >= 0.3 is 0 Å². The van der Waals surface area contributed by atoms with Crippen LogP contribution in [0.15, 0.2) is 48.5 Å². The Kier molecular flexibility index (Phi) is 4.96. The van der Waals surface area contributed by atoms with E-state index in [1.807, 2.05) is 0 Å². The van der Waals surface area contributed by atoms with Gasteiger partial charge in [0.2, 0.25) is 0 Å². The molecule has 2 aromatic carbocycles. The average Bonchev–Trinajstić information content (AvgIpc) is 2.28. The SMILES string of the molecule is Oc1ccccc1Cl.Oc1ccccc1Cl. The Labute approximate surface area is 104 Å². The summed E-state index contributed by atoms with van der Waals surface area (Å²) in [6.45, 7) is 0.